The van der Waals surface area contributed by atoms with Gasteiger partial charge in [-0.1, -0.05) is 31.4 Å². The van der Waals surface area contributed by atoms with E-state index in [1.807, 2.05) is 0 Å². The lowest BCUT2D eigenvalue weighted by Crippen LogP contribution is -2.49. The number of anilines is 2. The number of rotatable bonds is 5. The molecular formula is C22H20F6N4OS. The molecule has 182 valence electrons. The highest BCUT2D eigenvalue weighted by Crippen LogP contribution is 2.51. The predicted octanol–water partition coefficient (Wildman–Crippen LogP) is 6.69. The van der Waals surface area contributed by atoms with Gasteiger partial charge in [0, 0.05) is 24.0 Å². The van der Waals surface area contributed by atoms with E-state index >= 15 is 0 Å². The molecule has 1 aliphatic carbocycles. The van der Waals surface area contributed by atoms with Gasteiger partial charge in [0.2, 0.25) is 11.5 Å². The minimum absolute atomic E-state index is 0.265. The second kappa shape index (κ2) is 9.14. The van der Waals surface area contributed by atoms with Gasteiger partial charge in [0.05, 0.1) is 4.88 Å². The van der Waals surface area contributed by atoms with Gasteiger partial charge < -0.3 is 10.4 Å². The van der Waals surface area contributed by atoms with Crippen LogP contribution in [0.3, 0.4) is 0 Å². The maximum atomic E-state index is 14.0. The van der Waals surface area contributed by atoms with Crippen LogP contribution in [0, 0.1) is 5.92 Å². The van der Waals surface area contributed by atoms with Crippen molar-refractivity contribution in [2.24, 2.45) is 5.92 Å². The zero-order chi connectivity index (χ0) is 24.6. The Balaban J connectivity index is 1.61. The third-order valence-corrected chi connectivity index (χ3v) is 6.98. The van der Waals surface area contributed by atoms with E-state index in [-0.39, 0.29) is 18.8 Å². The summed E-state index contributed by atoms with van der Waals surface area (Å²) in [4.78, 5) is 11.5. The third-order valence-electron chi connectivity index (χ3n) is 5.81. The van der Waals surface area contributed by atoms with Crippen LogP contribution in [0.25, 0.3) is 10.4 Å². The third kappa shape index (κ3) is 4.88. The van der Waals surface area contributed by atoms with Gasteiger partial charge >= 0.3 is 12.4 Å². The molecule has 2 aromatic heterocycles. The summed E-state index contributed by atoms with van der Waals surface area (Å²) in [5.41, 5.74) is -3.32. The Morgan fingerprint density at radius 1 is 0.971 bits per heavy atom. The first-order valence-corrected chi connectivity index (χ1v) is 11.3. The first-order chi connectivity index (χ1) is 16.0. The van der Waals surface area contributed by atoms with Gasteiger partial charge in [0.25, 0.3) is 0 Å². The molecule has 2 N–H and O–H groups in total. The van der Waals surface area contributed by atoms with E-state index in [0.29, 0.717) is 29.0 Å². The first kappa shape index (κ1) is 24.4. The van der Waals surface area contributed by atoms with Crippen LogP contribution in [0.5, 0.6) is 0 Å². The van der Waals surface area contributed by atoms with Gasteiger partial charge in [-0.05, 0) is 36.6 Å². The fraction of sp³-hybridized carbons (Fsp3) is 0.409. The molecule has 1 fully saturated rings. The second-order valence-electron chi connectivity index (χ2n) is 8.10. The monoisotopic (exact) mass is 502 g/mol. The normalized spacial score (nSPS) is 17.4. The maximum Gasteiger partial charge on any atom is 0.433 e. The number of nitrogens with zero attached hydrogens (tertiary/aromatic N) is 3. The molecule has 1 aliphatic rings. The molecule has 1 aromatic carbocycles. The summed E-state index contributed by atoms with van der Waals surface area (Å²) in [7, 11) is 0. The molecule has 1 unspecified atom stereocenters. The molecular weight excluding hydrogens is 482 g/mol. The Morgan fingerprint density at radius 3 is 2.38 bits per heavy atom. The van der Waals surface area contributed by atoms with Gasteiger partial charge in [-0.3, -0.25) is 0 Å². The highest BCUT2D eigenvalue weighted by Gasteiger charge is 2.61. The number of alkyl halides is 6. The maximum absolute atomic E-state index is 14.0. The molecule has 0 saturated heterocycles. The van der Waals surface area contributed by atoms with Gasteiger partial charge in [-0.25, -0.2) is 15.0 Å². The van der Waals surface area contributed by atoms with Gasteiger partial charge in [-0.2, -0.15) is 26.3 Å². The van der Waals surface area contributed by atoms with Crippen molar-refractivity contribution < 1.29 is 31.4 Å². The number of benzene rings is 1. The number of nitrogens with one attached hydrogen (secondary N) is 1. The fourth-order valence-electron chi connectivity index (χ4n) is 4.09. The van der Waals surface area contributed by atoms with Crippen molar-refractivity contribution >= 4 is 23.0 Å². The number of hydrogen-bond acceptors (Lipinski definition) is 6. The Hall–Kier alpha value is -2.73. The second-order valence-corrected chi connectivity index (χ2v) is 9.13. The van der Waals surface area contributed by atoms with Crippen LogP contribution in [0.1, 0.15) is 42.8 Å². The zero-order valence-corrected chi connectivity index (χ0v) is 18.4. The standard InChI is InChI=1S/C22H20F6N4OS/c23-21(24,25)17-9-10-29-19(32-17)31-15-8-4-5-13(11-15)16-12-30-18(34-16)20(33,22(26,27)28)14-6-2-1-3-7-14/h4-5,8-12,14,33H,1-3,6-7H2,(H,29,31,32). The van der Waals surface area contributed by atoms with Gasteiger partial charge in [0.15, 0.2) is 0 Å². The summed E-state index contributed by atoms with van der Waals surface area (Å²) in [5.74, 6) is -1.24. The largest absolute Gasteiger partial charge is 0.433 e. The van der Waals surface area contributed by atoms with Crippen molar-refractivity contribution in [3.05, 3.63) is 53.4 Å². The van der Waals surface area contributed by atoms with Crippen LogP contribution in [-0.4, -0.2) is 26.2 Å². The fourth-order valence-corrected chi connectivity index (χ4v) is 5.19. The Kier molecular flexibility index (Phi) is 6.56. The minimum atomic E-state index is -4.88. The van der Waals surface area contributed by atoms with E-state index in [9.17, 15) is 31.4 Å². The minimum Gasteiger partial charge on any atom is -0.374 e. The lowest BCUT2D eigenvalue weighted by atomic mass is 9.76. The molecule has 0 aliphatic heterocycles. The molecule has 0 radical (unpaired) electrons. The van der Waals surface area contributed by atoms with E-state index in [4.69, 9.17) is 0 Å². The number of aromatic nitrogens is 3. The van der Waals surface area contributed by atoms with Crippen LogP contribution in [0.15, 0.2) is 42.7 Å². The summed E-state index contributed by atoms with van der Waals surface area (Å²) in [6.45, 7) is 0. The molecule has 3 aromatic rings. The molecule has 0 bridgehead atoms. The van der Waals surface area contributed by atoms with Crippen LogP contribution < -0.4 is 5.32 Å². The summed E-state index contributed by atoms with van der Waals surface area (Å²) >= 11 is 0.745. The lowest BCUT2D eigenvalue weighted by molar-refractivity contribution is -0.290. The van der Waals surface area contributed by atoms with Crippen LogP contribution in [0.4, 0.5) is 38.0 Å². The number of hydrogen-bond donors (Lipinski definition) is 2. The molecule has 0 spiro atoms. The average molecular weight is 502 g/mol. The van der Waals surface area contributed by atoms with E-state index in [2.05, 4.69) is 20.3 Å². The zero-order valence-electron chi connectivity index (χ0n) is 17.6. The van der Waals surface area contributed by atoms with Gasteiger partial charge in [0.1, 0.15) is 10.7 Å². The van der Waals surface area contributed by atoms with Crippen molar-refractivity contribution in [1.82, 2.24) is 15.0 Å². The highest BCUT2D eigenvalue weighted by molar-refractivity contribution is 7.15. The Morgan fingerprint density at radius 2 is 1.71 bits per heavy atom. The van der Waals surface area contributed by atoms with Crippen molar-refractivity contribution in [2.75, 3.05) is 5.32 Å². The first-order valence-electron chi connectivity index (χ1n) is 10.5. The van der Waals surface area contributed by atoms with Crippen molar-refractivity contribution in [2.45, 2.75) is 50.1 Å². The average Bonchev–Trinajstić information content (AvgIpc) is 3.29. The van der Waals surface area contributed by atoms with E-state index in [0.717, 1.165) is 30.0 Å². The summed E-state index contributed by atoms with van der Waals surface area (Å²) < 4.78 is 80.7. The topological polar surface area (TPSA) is 70.9 Å². The quantitative estimate of drug-likeness (QED) is 0.380. The molecule has 1 atom stereocenters. The number of aliphatic hydroxyl groups is 1. The smallest absolute Gasteiger partial charge is 0.374 e. The lowest BCUT2D eigenvalue weighted by Gasteiger charge is -2.38. The summed E-state index contributed by atoms with van der Waals surface area (Å²) in [5, 5.41) is 13.1. The summed E-state index contributed by atoms with van der Waals surface area (Å²) in [6.07, 6.45) is -4.67. The predicted molar refractivity (Wildman–Crippen MR) is 114 cm³/mol. The van der Waals surface area contributed by atoms with E-state index < -0.39 is 34.6 Å². The van der Waals surface area contributed by atoms with Gasteiger partial charge in [-0.15, -0.1) is 11.3 Å². The molecule has 2 heterocycles. The highest BCUT2D eigenvalue weighted by atomic mass is 32.1. The number of halogens is 6. The Labute approximate surface area is 194 Å². The SMILES string of the molecule is OC(c1ncc(-c2cccc(Nc3nccc(C(F)(F)F)n3)c2)s1)(C1CCCCC1)C(F)(F)F. The van der Waals surface area contributed by atoms with E-state index in [1.54, 1.807) is 18.2 Å². The van der Waals surface area contributed by atoms with Crippen molar-refractivity contribution in [3.63, 3.8) is 0 Å². The van der Waals surface area contributed by atoms with Crippen molar-refractivity contribution in [1.29, 1.82) is 0 Å². The molecule has 5 nitrogen and oxygen atoms in total. The number of thiazole rings is 1. The molecule has 34 heavy (non-hydrogen) atoms. The molecule has 12 heteroatoms. The molecule has 0 amide bonds. The van der Waals surface area contributed by atoms with Crippen LogP contribution >= 0.6 is 11.3 Å². The van der Waals surface area contributed by atoms with Crippen LogP contribution in [0.2, 0.25) is 0 Å². The summed E-state index contributed by atoms with van der Waals surface area (Å²) in [6, 6.07) is 7.05. The van der Waals surface area contributed by atoms with Crippen molar-refractivity contribution in [3.8, 4) is 10.4 Å². The molecule has 1 saturated carbocycles. The Bertz CT molecular complexity index is 1140. The van der Waals surface area contributed by atoms with E-state index in [1.165, 1.54) is 12.3 Å². The van der Waals surface area contributed by atoms with Crippen LogP contribution in [-0.2, 0) is 11.8 Å². The molecule has 4 rings (SSSR count).